The van der Waals surface area contributed by atoms with E-state index in [9.17, 15) is 15.0 Å². The smallest absolute Gasteiger partial charge is 0.235 e. The van der Waals surface area contributed by atoms with Crippen LogP contribution in [0.25, 0.3) is 6.08 Å². The largest absolute Gasteiger partial charge is 0.486 e. The van der Waals surface area contributed by atoms with Gasteiger partial charge in [0.05, 0.1) is 18.1 Å². The summed E-state index contributed by atoms with van der Waals surface area (Å²) < 4.78 is 11.3. The Morgan fingerprint density at radius 2 is 1.88 bits per heavy atom. The second-order valence-electron chi connectivity index (χ2n) is 10.7. The molecule has 2 atom stereocenters. The normalized spacial score (nSPS) is 20.9. The molecule has 184 valence electrons. The lowest BCUT2D eigenvalue weighted by atomic mass is 9.77. The van der Waals surface area contributed by atoms with Crippen LogP contribution in [-0.2, 0) is 10.2 Å². The van der Waals surface area contributed by atoms with E-state index in [1.807, 2.05) is 36.4 Å². The molecule has 0 saturated heterocycles. The number of hydrogen-bond donors (Lipinski definition) is 3. The molecule has 1 fully saturated rings. The minimum atomic E-state index is -0.762. The van der Waals surface area contributed by atoms with Gasteiger partial charge in [0.2, 0.25) is 5.91 Å². The van der Waals surface area contributed by atoms with Crippen LogP contribution in [0.2, 0.25) is 0 Å². The molecule has 0 spiro atoms. The van der Waals surface area contributed by atoms with Gasteiger partial charge in [-0.3, -0.25) is 4.79 Å². The van der Waals surface area contributed by atoms with Crippen molar-refractivity contribution in [3.63, 3.8) is 0 Å². The summed E-state index contributed by atoms with van der Waals surface area (Å²) in [7, 11) is 0. The molecular weight excluding hydrogens is 430 g/mol. The van der Waals surface area contributed by atoms with Crippen LogP contribution in [0.5, 0.6) is 11.5 Å². The van der Waals surface area contributed by atoms with Crippen molar-refractivity contribution in [1.82, 2.24) is 0 Å². The Bertz CT molecular complexity index is 1150. The number of ether oxygens (including phenoxy) is 2. The van der Waals surface area contributed by atoms with Gasteiger partial charge in [-0.25, -0.2) is 0 Å². The summed E-state index contributed by atoms with van der Waals surface area (Å²) in [4.78, 5) is 13.4. The number of rotatable bonds is 6. The maximum atomic E-state index is 13.4. The maximum Gasteiger partial charge on any atom is 0.235 e. The quantitative estimate of drug-likeness (QED) is 0.563. The predicted octanol–water partition coefficient (Wildman–Crippen LogP) is 4.89. The average Bonchev–Trinajstić information content (AvgIpc) is 3.55. The fourth-order valence-corrected chi connectivity index (χ4v) is 5.23. The third-order valence-corrected chi connectivity index (χ3v) is 7.27. The fraction of sp³-hybridized carbons (Fsp3) is 0.464. The molecule has 5 rings (SSSR count). The van der Waals surface area contributed by atoms with Crippen LogP contribution in [0.1, 0.15) is 65.5 Å². The van der Waals surface area contributed by atoms with Crippen molar-refractivity contribution in [1.29, 1.82) is 0 Å². The van der Waals surface area contributed by atoms with Gasteiger partial charge >= 0.3 is 0 Å². The summed E-state index contributed by atoms with van der Waals surface area (Å²) in [5.74, 6) is 1.48. The van der Waals surface area contributed by atoms with E-state index >= 15 is 0 Å². The second kappa shape index (κ2) is 8.43. The van der Waals surface area contributed by atoms with Gasteiger partial charge in [0, 0.05) is 14.5 Å². The lowest BCUT2D eigenvalue weighted by Gasteiger charge is -2.28. The molecule has 6 heteroatoms. The first-order chi connectivity index (χ1) is 16.2. The van der Waals surface area contributed by atoms with E-state index in [1.54, 1.807) is 0 Å². The number of hydrogen-bond acceptors (Lipinski definition) is 5. The number of anilines is 1. The number of amides is 1. The van der Waals surface area contributed by atoms with Gasteiger partial charge in [0.1, 0.15) is 13.2 Å². The first-order valence-corrected chi connectivity index (χ1v) is 12.1. The number of allylic oxidation sites excluding steroid dienone is 1. The summed E-state index contributed by atoms with van der Waals surface area (Å²) in [5, 5.41) is 22.7. The van der Waals surface area contributed by atoms with Crippen molar-refractivity contribution in [2.24, 2.45) is 5.41 Å². The van der Waals surface area contributed by atoms with Gasteiger partial charge in [-0.2, -0.15) is 0 Å². The van der Waals surface area contributed by atoms with Crippen LogP contribution in [0.4, 0.5) is 5.69 Å². The zero-order valence-electron chi connectivity index (χ0n) is 20.1. The van der Waals surface area contributed by atoms with Gasteiger partial charge in [0.25, 0.3) is 0 Å². The van der Waals surface area contributed by atoms with E-state index < -0.39 is 11.5 Å². The highest BCUT2D eigenvalue weighted by Crippen LogP contribution is 2.51. The van der Waals surface area contributed by atoms with Gasteiger partial charge in [-0.05, 0) is 65.6 Å². The second-order valence-corrected chi connectivity index (χ2v) is 10.7. The molecular formula is C28H37NO5. The molecule has 3 N–H and O–H groups in total. The lowest BCUT2D eigenvalue weighted by molar-refractivity contribution is -0.118. The summed E-state index contributed by atoms with van der Waals surface area (Å²) >= 11 is 0. The number of benzene rings is 2. The SMILES string of the molecule is CC(C)(C)C1=Cc2cc(NC(=O)C3(c4ccc5c(c4)OCCO5)CC3)ccc2C1C[C@H](O)CO.[HH].[HH]. The number of aliphatic hydroxyl groups excluding tert-OH is 2. The summed E-state index contributed by atoms with van der Waals surface area (Å²) in [6, 6.07) is 11.8. The molecule has 1 heterocycles. The van der Waals surface area contributed by atoms with Gasteiger partial charge in [-0.1, -0.05) is 44.6 Å². The molecule has 6 nitrogen and oxygen atoms in total. The molecule has 2 aromatic rings. The van der Waals surface area contributed by atoms with E-state index in [1.165, 1.54) is 5.57 Å². The Kier molecular flexibility index (Phi) is 5.69. The summed E-state index contributed by atoms with van der Waals surface area (Å²) in [6.45, 7) is 7.30. The Hall–Kier alpha value is -2.83. The monoisotopic (exact) mass is 467 g/mol. The average molecular weight is 468 g/mol. The van der Waals surface area contributed by atoms with Crippen LogP contribution in [0, 0.1) is 5.41 Å². The predicted molar refractivity (Wildman–Crippen MR) is 136 cm³/mol. The van der Waals surface area contributed by atoms with Gasteiger partial charge < -0.3 is 25.0 Å². The van der Waals surface area contributed by atoms with Gasteiger partial charge in [-0.15, -0.1) is 0 Å². The molecule has 1 amide bonds. The molecule has 1 saturated carbocycles. The lowest BCUT2D eigenvalue weighted by Crippen LogP contribution is -2.28. The van der Waals surface area contributed by atoms with Crippen LogP contribution >= 0.6 is 0 Å². The van der Waals surface area contributed by atoms with Crippen LogP contribution in [0.15, 0.2) is 42.0 Å². The maximum absolute atomic E-state index is 13.4. The van der Waals surface area contributed by atoms with Crippen LogP contribution < -0.4 is 14.8 Å². The molecule has 1 unspecified atom stereocenters. The molecule has 34 heavy (non-hydrogen) atoms. The van der Waals surface area contributed by atoms with E-state index in [0.717, 1.165) is 41.0 Å². The van der Waals surface area contributed by atoms with Crippen molar-refractivity contribution in [3.05, 3.63) is 58.7 Å². The van der Waals surface area contributed by atoms with Crippen molar-refractivity contribution >= 4 is 17.7 Å². The van der Waals surface area contributed by atoms with Crippen molar-refractivity contribution in [2.75, 3.05) is 25.1 Å². The minimum Gasteiger partial charge on any atom is -0.486 e. The van der Waals surface area contributed by atoms with Crippen molar-refractivity contribution in [3.8, 4) is 11.5 Å². The van der Waals surface area contributed by atoms with Gasteiger partial charge in [0.15, 0.2) is 11.5 Å². The Labute approximate surface area is 203 Å². The first kappa shape index (κ1) is 22.9. The minimum absolute atomic E-state index is 0. The summed E-state index contributed by atoms with van der Waals surface area (Å²) in [5.41, 5.74) is 4.54. The third-order valence-electron chi connectivity index (χ3n) is 7.27. The van der Waals surface area contributed by atoms with E-state index in [-0.39, 0.29) is 26.7 Å². The number of carbonyl (C=O) groups is 1. The molecule has 1 aliphatic heterocycles. The molecule has 0 radical (unpaired) electrons. The third kappa shape index (κ3) is 4.10. The highest BCUT2D eigenvalue weighted by molar-refractivity contribution is 6.01. The highest BCUT2D eigenvalue weighted by atomic mass is 16.6. The fourth-order valence-electron chi connectivity index (χ4n) is 5.23. The number of fused-ring (bicyclic) bond motifs is 2. The highest BCUT2D eigenvalue weighted by Gasteiger charge is 2.51. The topological polar surface area (TPSA) is 88.0 Å². The van der Waals surface area contributed by atoms with E-state index in [0.29, 0.717) is 25.4 Å². The zero-order chi connectivity index (χ0) is 24.1. The molecule has 0 aromatic heterocycles. The van der Waals surface area contributed by atoms with E-state index in [2.05, 4.69) is 32.2 Å². The Balaban J connectivity index is 0.00000180. The zero-order valence-corrected chi connectivity index (χ0v) is 20.1. The first-order valence-electron chi connectivity index (χ1n) is 12.1. The number of nitrogens with one attached hydrogen (secondary N) is 1. The number of aliphatic hydroxyl groups is 2. The van der Waals surface area contributed by atoms with Crippen LogP contribution in [-0.4, -0.2) is 42.0 Å². The molecule has 2 aromatic carbocycles. The summed E-state index contributed by atoms with van der Waals surface area (Å²) in [6.07, 6.45) is 3.50. The van der Waals surface area contributed by atoms with Crippen molar-refractivity contribution in [2.45, 2.75) is 57.5 Å². The molecule has 0 bridgehead atoms. The molecule has 3 aliphatic rings. The van der Waals surface area contributed by atoms with Crippen LogP contribution in [0.3, 0.4) is 0 Å². The van der Waals surface area contributed by atoms with Crippen molar-refractivity contribution < 1.29 is 27.3 Å². The number of carbonyl (C=O) groups excluding carboxylic acids is 1. The molecule has 2 aliphatic carbocycles. The standard InChI is InChI=1S/C28H33NO5.2H2/c1-27(2,3)23-13-17-12-19(5-6-21(17)22(23)15-20(31)16-30)29-26(32)28(8-9-28)18-4-7-24-25(14-18)34-11-10-33-24;;/h4-7,12-14,20,22,30-31H,8-11,15-16H2,1-3H3,(H,29,32);2*1H/t20-,22?;;/m0../s1. The Morgan fingerprint density at radius 1 is 1.15 bits per heavy atom. The van der Waals surface area contributed by atoms with E-state index in [4.69, 9.17) is 9.47 Å². The Morgan fingerprint density at radius 3 is 2.56 bits per heavy atom.